The molecule has 1 aliphatic rings. The predicted molar refractivity (Wildman–Crippen MR) is 235 cm³/mol. The van der Waals surface area contributed by atoms with E-state index in [1.54, 1.807) is 39.7 Å². The van der Waals surface area contributed by atoms with Crippen LogP contribution < -0.4 is 20.3 Å². The minimum absolute atomic E-state index is 0.000808. The average molecular weight is 870 g/mol. The third-order valence-corrected chi connectivity index (χ3v) is 12.7. The maximum Gasteiger partial charge on any atom is 0.280 e. The molecule has 5 atom stereocenters. The molecule has 1 amide bonds. The number of aromatic amines is 1. The number of methoxy groups -OCH3 is 3. The first-order valence-corrected chi connectivity index (χ1v) is 21.7. The quantitative estimate of drug-likeness (QED) is 0.0451. The molecule has 62 heavy (non-hydrogen) atoms. The standard InChI is InChI=1S/C45H56N7O9P/c1-28(2)41(53)49-44-48-40-37(42(54)50-44)47-27-51(40)43-39(57-9)38(61-62(59-25-13-24-46)52(29(3)4)30(5)6)36(60-43)26-58-45(31-14-11-10-12-15-31,32-16-20-34(55-7)21-17-32)33-18-22-35(56-8)23-19-33/h10-12,14-23,27-30,36,38-39,43H,13,25-26H2,1-9H3,(H2,48,49,50,53,54)/t36-,38?,39+,43-,62?/m1/s1. The van der Waals surface area contributed by atoms with Crippen molar-refractivity contribution in [2.45, 2.75) is 90.2 Å². The molecule has 17 heteroatoms. The Morgan fingerprint density at radius 1 is 0.919 bits per heavy atom. The highest BCUT2D eigenvalue weighted by Gasteiger charge is 2.51. The Kier molecular flexibility index (Phi) is 15.5. The average Bonchev–Trinajstić information content (AvgIpc) is 3.85. The van der Waals surface area contributed by atoms with E-state index in [0.29, 0.717) is 11.5 Å². The van der Waals surface area contributed by atoms with Gasteiger partial charge in [-0.05, 0) is 68.7 Å². The van der Waals surface area contributed by atoms with Gasteiger partial charge in [-0.15, -0.1) is 0 Å². The summed E-state index contributed by atoms with van der Waals surface area (Å²) in [7, 11) is 2.99. The van der Waals surface area contributed by atoms with Gasteiger partial charge in [-0.25, -0.2) is 9.65 Å². The van der Waals surface area contributed by atoms with Gasteiger partial charge in [0.05, 0.1) is 46.3 Å². The zero-order valence-electron chi connectivity index (χ0n) is 36.6. The fraction of sp³-hybridized carbons (Fsp3) is 0.444. The summed E-state index contributed by atoms with van der Waals surface area (Å²) in [6, 6.07) is 27.5. The van der Waals surface area contributed by atoms with Crippen molar-refractivity contribution in [1.82, 2.24) is 24.2 Å². The van der Waals surface area contributed by atoms with E-state index < -0.39 is 44.2 Å². The molecule has 2 N–H and O–H groups in total. The summed E-state index contributed by atoms with van der Waals surface area (Å²) in [5.74, 6) is 0.640. The molecule has 3 aromatic carbocycles. The monoisotopic (exact) mass is 869 g/mol. The smallest absolute Gasteiger partial charge is 0.280 e. The molecule has 5 aromatic rings. The van der Waals surface area contributed by atoms with E-state index in [9.17, 15) is 14.9 Å². The fourth-order valence-electron chi connectivity index (χ4n) is 7.56. The van der Waals surface area contributed by atoms with Crippen molar-refractivity contribution in [2.75, 3.05) is 39.9 Å². The number of nitrogens with zero attached hydrogens (tertiary/aromatic N) is 5. The highest BCUT2D eigenvalue weighted by molar-refractivity contribution is 7.44. The number of hydrogen-bond donors (Lipinski definition) is 2. The number of nitrogens with one attached hydrogen (secondary N) is 2. The molecule has 2 unspecified atom stereocenters. The number of aromatic nitrogens is 4. The Morgan fingerprint density at radius 3 is 2.05 bits per heavy atom. The molecule has 1 saturated heterocycles. The number of fused-ring (bicyclic) bond motifs is 1. The predicted octanol–water partition coefficient (Wildman–Crippen LogP) is 7.31. The first kappa shape index (κ1) is 46.3. The van der Waals surface area contributed by atoms with Crippen LogP contribution in [-0.2, 0) is 33.7 Å². The maximum absolute atomic E-state index is 13.3. The van der Waals surface area contributed by atoms with E-state index in [0.717, 1.165) is 16.7 Å². The van der Waals surface area contributed by atoms with Gasteiger partial charge in [0.2, 0.25) is 11.9 Å². The van der Waals surface area contributed by atoms with Crippen molar-refractivity contribution in [2.24, 2.45) is 5.92 Å². The Bertz CT molecular complexity index is 2280. The lowest BCUT2D eigenvalue weighted by atomic mass is 9.80. The topological polar surface area (TPSA) is 184 Å². The van der Waals surface area contributed by atoms with Gasteiger partial charge in [-0.1, -0.05) is 68.4 Å². The van der Waals surface area contributed by atoms with Gasteiger partial charge in [0.1, 0.15) is 35.4 Å². The number of imidazole rings is 1. The van der Waals surface area contributed by atoms with Crippen LogP contribution >= 0.6 is 8.53 Å². The van der Waals surface area contributed by atoms with Crippen LogP contribution in [0, 0.1) is 17.2 Å². The highest BCUT2D eigenvalue weighted by Crippen LogP contribution is 2.51. The van der Waals surface area contributed by atoms with Crippen molar-refractivity contribution in [3.63, 3.8) is 0 Å². The lowest BCUT2D eigenvalue weighted by molar-refractivity contribution is -0.118. The van der Waals surface area contributed by atoms with Crippen LogP contribution in [0.25, 0.3) is 11.2 Å². The number of benzene rings is 3. The first-order chi connectivity index (χ1) is 29.9. The number of nitriles is 1. The minimum Gasteiger partial charge on any atom is -0.497 e. The zero-order chi connectivity index (χ0) is 44.6. The van der Waals surface area contributed by atoms with Gasteiger partial charge in [0.25, 0.3) is 14.1 Å². The number of carbonyl (C=O) groups is 1. The lowest BCUT2D eigenvalue weighted by Gasteiger charge is -2.39. The number of carbonyl (C=O) groups excluding carboxylic acids is 1. The van der Waals surface area contributed by atoms with Crippen LogP contribution in [0.3, 0.4) is 0 Å². The fourth-order valence-corrected chi connectivity index (χ4v) is 9.33. The van der Waals surface area contributed by atoms with Crippen LogP contribution in [0.4, 0.5) is 5.95 Å². The first-order valence-electron chi connectivity index (χ1n) is 20.6. The third-order valence-electron chi connectivity index (χ3n) is 10.5. The van der Waals surface area contributed by atoms with E-state index in [4.69, 9.17) is 32.7 Å². The lowest BCUT2D eigenvalue weighted by Crippen LogP contribution is -2.42. The second-order valence-corrected chi connectivity index (χ2v) is 17.0. The summed E-state index contributed by atoms with van der Waals surface area (Å²) >= 11 is 0. The van der Waals surface area contributed by atoms with Crippen LogP contribution in [0.2, 0.25) is 0 Å². The molecular weight excluding hydrogens is 814 g/mol. The molecule has 330 valence electrons. The van der Waals surface area contributed by atoms with E-state index >= 15 is 0 Å². The van der Waals surface area contributed by atoms with Gasteiger partial charge in [0.15, 0.2) is 17.4 Å². The highest BCUT2D eigenvalue weighted by atomic mass is 31.2. The van der Waals surface area contributed by atoms with E-state index in [1.807, 2.05) is 78.9 Å². The van der Waals surface area contributed by atoms with Crippen LogP contribution in [-0.4, -0.2) is 95.0 Å². The summed E-state index contributed by atoms with van der Waals surface area (Å²) in [6.07, 6.45) is -1.86. The van der Waals surface area contributed by atoms with Gasteiger partial charge in [-0.3, -0.25) is 24.5 Å². The Hall–Kier alpha value is -5.24. The largest absolute Gasteiger partial charge is 0.497 e. The van der Waals surface area contributed by atoms with Crippen molar-refractivity contribution in [3.8, 4) is 17.6 Å². The van der Waals surface area contributed by atoms with Crippen LogP contribution in [0.1, 0.15) is 70.9 Å². The summed E-state index contributed by atoms with van der Waals surface area (Å²) in [5.41, 5.74) is 0.934. The van der Waals surface area contributed by atoms with Gasteiger partial charge in [-0.2, -0.15) is 10.2 Å². The molecule has 0 aliphatic carbocycles. The molecule has 2 aromatic heterocycles. The molecule has 16 nitrogen and oxygen atoms in total. The maximum atomic E-state index is 13.3. The van der Waals surface area contributed by atoms with Crippen molar-refractivity contribution in [1.29, 1.82) is 5.26 Å². The van der Waals surface area contributed by atoms with Gasteiger partial charge < -0.3 is 32.7 Å². The second-order valence-electron chi connectivity index (χ2n) is 15.6. The molecule has 6 rings (SSSR count). The molecule has 0 saturated carbocycles. The number of hydrogen-bond acceptors (Lipinski definition) is 13. The number of amides is 1. The minimum atomic E-state index is -1.81. The van der Waals surface area contributed by atoms with Crippen molar-refractivity contribution >= 4 is 31.5 Å². The number of anilines is 1. The molecule has 0 spiro atoms. The summed E-state index contributed by atoms with van der Waals surface area (Å²) in [6.45, 7) is 11.8. The number of H-pyrrole nitrogens is 1. The zero-order valence-corrected chi connectivity index (χ0v) is 37.5. The van der Waals surface area contributed by atoms with Gasteiger partial charge >= 0.3 is 0 Å². The van der Waals surface area contributed by atoms with E-state index in [-0.39, 0.29) is 60.7 Å². The third kappa shape index (κ3) is 9.85. The van der Waals surface area contributed by atoms with Crippen LogP contribution in [0.5, 0.6) is 11.5 Å². The SMILES string of the molecule is COc1ccc(C(OC[C@H]2O[C@@H](n3cnc4c(=O)[nH]c(NC(=O)C(C)C)nc43)[C@@H](OC)C2OP(OCCC#N)N(C(C)C)C(C)C)(c2ccccc2)c2ccc(OC)cc2)cc1. The van der Waals surface area contributed by atoms with E-state index in [1.165, 1.54) is 6.33 Å². The summed E-state index contributed by atoms with van der Waals surface area (Å²) < 4.78 is 49.0. The number of ether oxygens (including phenoxy) is 5. The number of rotatable bonds is 20. The van der Waals surface area contributed by atoms with Crippen LogP contribution in [0.15, 0.2) is 90.0 Å². The van der Waals surface area contributed by atoms with Crippen molar-refractivity contribution in [3.05, 3.63) is 112 Å². The molecule has 3 heterocycles. The Labute approximate surface area is 363 Å². The van der Waals surface area contributed by atoms with Gasteiger partial charge in [0, 0.05) is 25.1 Å². The summed E-state index contributed by atoms with van der Waals surface area (Å²) in [5, 5.41) is 12.1. The Balaban J connectivity index is 1.50. The molecule has 1 aliphatic heterocycles. The summed E-state index contributed by atoms with van der Waals surface area (Å²) in [4.78, 5) is 37.7. The van der Waals surface area contributed by atoms with Crippen molar-refractivity contribution < 1.29 is 37.5 Å². The normalized spacial score (nSPS) is 18.5. The molecule has 1 fully saturated rings. The Morgan fingerprint density at radius 2 is 1.52 bits per heavy atom. The van der Waals surface area contributed by atoms with E-state index in [2.05, 4.69) is 58.7 Å². The second kappa shape index (κ2) is 20.8. The molecular formula is C45H56N7O9P. The molecule has 0 radical (unpaired) electrons. The molecule has 0 bridgehead atoms.